The van der Waals surface area contributed by atoms with Crippen molar-refractivity contribution in [1.82, 2.24) is 0 Å². The van der Waals surface area contributed by atoms with Gasteiger partial charge in [0.25, 0.3) is 0 Å². The van der Waals surface area contributed by atoms with E-state index < -0.39 is 12.3 Å². The van der Waals surface area contributed by atoms with E-state index in [-0.39, 0.29) is 5.75 Å². The van der Waals surface area contributed by atoms with Crippen molar-refractivity contribution in [2.24, 2.45) is 0 Å². The summed E-state index contributed by atoms with van der Waals surface area (Å²) in [6.07, 6.45) is -0.640. The zero-order valence-electron chi connectivity index (χ0n) is 15.4. The zero-order valence-corrected chi connectivity index (χ0v) is 15.4. The molecule has 0 saturated carbocycles. The summed E-state index contributed by atoms with van der Waals surface area (Å²) in [6.45, 7) is 2.52. The molecule has 1 aliphatic rings. The first kappa shape index (κ1) is 17.7. The summed E-state index contributed by atoms with van der Waals surface area (Å²) in [5.74, 6) is 1.53. The molecule has 140 valence electrons. The Morgan fingerprint density at radius 1 is 1.00 bits per heavy atom. The normalized spacial score (nSPS) is 17.9. The van der Waals surface area contributed by atoms with Gasteiger partial charge in [-0.1, -0.05) is 30.3 Å². The Bertz CT molecular complexity index is 1010. The van der Waals surface area contributed by atoms with Crippen molar-refractivity contribution >= 4 is 5.69 Å². The number of nitrogens with zero attached hydrogens (tertiary/aromatic N) is 2. The van der Waals surface area contributed by atoms with Crippen LogP contribution in [0.2, 0.25) is 0 Å². The van der Waals surface area contributed by atoms with Crippen LogP contribution in [0.4, 0.5) is 5.69 Å². The predicted octanol–water partition coefficient (Wildman–Crippen LogP) is 4.95. The second-order valence-corrected chi connectivity index (χ2v) is 6.43. The number of benzene rings is 3. The van der Waals surface area contributed by atoms with E-state index in [2.05, 4.69) is 6.07 Å². The lowest BCUT2D eigenvalue weighted by Crippen LogP contribution is -2.39. The average molecular weight is 372 g/mol. The van der Waals surface area contributed by atoms with Gasteiger partial charge >= 0.3 is 0 Å². The Labute approximate surface area is 164 Å². The summed E-state index contributed by atoms with van der Waals surface area (Å²) in [4.78, 5) is 1.88. The molecule has 0 amide bonds. The first-order chi connectivity index (χ1) is 13.7. The maximum absolute atomic E-state index is 10.4. The molecule has 1 heterocycles. The molecule has 5 nitrogen and oxygen atoms in total. The van der Waals surface area contributed by atoms with Crippen molar-refractivity contribution in [3.8, 4) is 23.3 Å². The molecule has 2 atom stereocenters. The number of aromatic hydroxyl groups is 1. The van der Waals surface area contributed by atoms with Gasteiger partial charge in [-0.15, -0.1) is 0 Å². The monoisotopic (exact) mass is 372 g/mol. The number of ether oxygens (including phenoxy) is 2. The second kappa shape index (κ2) is 7.53. The Balaban J connectivity index is 1.85. The van der Waals surface area contributed by atoms with E-state index in [0.717, 1.165) is 17.0 Å². The fraction of sp³-hybridized carbons (Fsp3) is 0.174. The van der Waals surface area contributed by atoms with E-state index in [1.807, 2.05) is 72.5 Å². The van der Waals surface area contributed by atoms with Gasteiger partial charge in [0.05, 0.1) is 18.2 Å². The van der Waals surface area contributed by atoms with Crippen LogP contribution < -0.4 is 14.4 Å². The van der Waals surface area contributed by atoms with Gasteiger partial charge in [0.15, 0.2) is 0 Å². The Morgan fingerprint density at radius 2 is 1.68 bits per heavy atom. The molecule has 3 aromatic rings. The molecule has 1 N–H and O–H groups in total. The van der Waals surface area contributed by atoms with Crippen LogP contribution in [0.3, 0.4) is 0 Å². The molecule has 0 aliphatic carbocycles. The highest BCUT2D eigenvalue weighted by Gasteiger charge is 2.38. The van der Waals surface area contributed by atoms with Crippen LogP contribution in [0.5, 0.6) is 17.2 Å². The second-order valence-electron chi connectivity index (χ2n) is 6.43. The van der Waals surface area contributed by atoms with Crippen molar-refractivity contribution in [1.29, 1.82) is 5.26 Å². The molecule has 4 rings (SSSR count). The van der Waals surface area contributed by atoms with E-state index in [0.29, 0.717) is 17.9 Å². The highest BCUT2D eigenvalue weighted by Crippen LogP contribution is 2.46. The molecule has 2 unspecified atom stereocenters. The smallest absolute Gasteiger partial charge is 0.203 e. The third kappa shape index (κ3) is 3.10. The molecule has 3 aromatic carbocycles. The van der Waals surface area contributed by atoms with Gasteiger partial charge in [-0.05, 0) is 49.4 Å². The Hall–Kier alpha value is -3.65. The minimum Gasteiger partial charge on any atom is -0.507 e. The Kier molecular flexibility index (Phi) is 4.77. The van der Waals surface area contributed by atoms with Crippen molar-refractivity contribution in [3.05, 3.63) is 83.9 Å². The fourth-order valence-corrected chi connectivity index (χ4v) is 3.48. The number of phenolic OH excluding ortho intramolecular Hbond substituents is 1. The van der Waals surface area contributed by atoms with Crippen molar-refractivity contribution in [2.75, 3.05) is 11.5 Å². The summed E-state index contributed by atoms with van der Waals surface area (Å²) < 4.78 is 11.8. The largest absolute Gasteiger partial charge is 0.507 e. The summed E-state index contributed by atoms with van der Waals surface area (Å²) in [7, 11) is 0. The number of anilines is 1. The molecule has 0 radical (unpaired) electrons. The molecule has 5 heteroatoms. The lowest BCUT2D eigenvalue weighted by atomic mass is 9.99. The number of hydrogen-bond donors (Lipinski definition) is 1. The van der Waals surface area contributed by atoms with E-state index in [9.17, 15) is 10.4 Å². The van der Waals surface area contributed by atoms with Crippen molar-refractivity contribution in [2.45, 2.75) is 19.2 Å². The molecule has 0 aromatic heterocycles. The third-order valence-electron chi connectivity index (χ3n) is 4.75. The number of phenols is 1. The summed E-state index contributed by atoms with van der Waals surface area (Å²) in [6, 6.07) is 23.9. The van der Waals surface area contributed by atoms with Gasteiger partial charge in [0, 0.05) is 11.3 Å². The van der Waals surface area contributed by atoms with Crippen LogP contribution in [-0.4, -0.2) is 11.7 Å². The molecular weight excluding hydrogens is 352 g/mol. The van der Waals surface area contributed by atoms with Gasteiger partial charge in [-0.3, -0.25) is 0 Å². The highest BCUT2D eigenvalue weighted by atomic mass is 16.5. The lowest BCUT2D eigenvalue weighted by Gasteiger charge is -2.41. The number of rotatable bonds is 4. The summed E-state index contributed by atoms with van der Waals surface area (Å²) in [5.41, 5.74) is 2.20. The number of fused-ring (bicyclic) bond motifs is 1. The summed E-state index contributed by atoms with van der Waals surface area (Å²) >= 11 is 0. The number of hydrogen-bond acceptors (Lipinski definition) is 5. The van der Waals surface area contributed by atoms with Gasteiger partial charge in [0.2, 0.25) is 6.23 Å². The molecular formula is C23H20N2O3. The van der Waals surface area contributed by atoms with Gasteiger partial charge < -0.3 is 19.5 Å². The lowest BCUT2D eigenvalue weighted by molar-refractivity contribution is 0.168. The van der Waals surface area contributed by atoms with E-state index in [4.69, 9.17) is 9.47 Å². The highest BCUT2D eigenvalue weighted by molar-refractivity contribution is 5.59. The van der Waals surface area contributed by atoms with E-state index in [1.54, 1.807) is 12.1 Å². The first-order valence-corrected chi connectivity index (χ1v) is 9.17. The maximum atomic E-state index is 10.4. The van der Waals surface area contributed by atoms with Crippen molar-refractivity contribution in [3.63, 3.8) is 0 Å². The van der Waals surface area contributed by atoms with Crippen LogP contribution in [0.15, 0.2) is 72.8 Å². The van der Waals surface area contributed by atoms with Gasteiger partial charge in [-0.2, -0.15) is 5.26 Å². The van der Waals surface area contributed by atoms with Crippen LogP contribution in [-0.2, 0) is 0 Å². The van der Waals surface area contributed by atoms with Crippen LogP contribution >= 0.6 is 0 Å². The van der Waals surface area contributed by atoms with Gasteiger partial charge in [-0.25, -0.2) is 0 Å². The number of para-hydroxylation sites is 2. The molecule has 1 aliphatic heterocycles. The van der Waals surface area contributed by atoms with Gasteiger partial charge in [0.1, 0.15) is 23.3 Å². The Morgan fingerprint density at radius 3 is 2.36 bits per heavy atom. The topological polar surface area (TPSA) is 65.7 Å². The molecule has 0 saturated heterocycles. The minimum absolute atomic E-state index is 0.125. The quantitative estimate of drug-likeness (QED) is 0.702. The minimum atomic E-state index is -0.640. The predicted molar refractivity (Wildman–Crippen MR) is 106 cm³/mol. The number of nitriles is 1. The molecule has 0 spiro atoms. The molecule has 0 fully saturated rings. The SMILES string of the molecule is CCOc1ccc(N2C(C#N)c3ccccc3OC2c2ccccc2O)cc1. The van der Waals surface area contributed by atoms with Crippen molar-refractivity contribution < 1.29 is 14.6 Å². The first-order valence-electron chi connectivity index (χ1n) is 9.17. The average Bonchev–Trinajstić information content (AvgIpc) is 2.73. The standard InChI is InChI=1S/C23H20N2O3/c1-2-27-17-13-11-16(12-14-17)25-20(15-24)18-7-4-6-10-22(18)28-23(25)19-8-3-5-9-21(19)26/h3-14,20,23,26H,2H2,1H3. The third-order valence-corrected chi connectivity index (χ3v) is 4.75. The molecule has 28 heavy (non-hydrogen) atoms. The summed E-state index contributed by atoms with van der Waals surface area (Å²) in [5, 5.41) is 20.4. The maximum Gasteiger partial charge on any atom is 0.203 e. The van der Waals surface area contributed by atoms with E-state index >= 15 is 0 Å². The van der Waals surface area contributed by atoms with Crippen LogP contribution in [0.25, 0.3) is 0 Å². The van der Waals surface area contributed by atoms with E-state index in [1.165, 1.54) is 0 Å². The molecule has 0 bridgehead atoms. The zero-order chi connectivity index (χ0) is 19.5. The fourth-order valence-electron chi connectivity index (χ4n) is 3.48. The van der Waals surface area contributed by atoms with Crippen LogP contribution in [0, 0.1) is 11.3 Å². The van der Waals surface area contributed by atoms with Crippen LogP contribution in [0.1, 0.15) is 30.3 Å².